The Bertz CT molecular complexity index is 1160. The van der Waals surface area contributed by atoms with Crippen molar-refractivity contribution in [2.75, 3.05) is 7.11 Å². The molecule has 0 saturated carbocycles. The van der Waals surface area contributed by atoms with Crippen LogP contribution >= 0.6 is 0 Å². The standard InChI is InChI=1S/C23H28N4O2/c1-14(24)12-26-13-18(17-7-5-8-19(28)23(17)26)21(15(2)25)27-11-10-16-6-4-9-20(29-3)22(16)27/h4-11,13-15,21,28H,12,24-25H2,1-3H3. The summed E-state index contributed by atoms with van der Waals surface area (Å²) < 4.78 is 9.84. The van der Waals surface area contributed by atoms with Gasteiger partial charge in [0.2, 0.25) is 0 Å². The van der Waals surface area contributed by atoms with Crippen LogP contribution in [0, 0.1) is 0 Å². The van der Waals surface area contributed by atoms with Gasteiger partial charge >= 0.3 is 0 Å². The second kappa shape index (κ2) is 7.46. The smallest absolute Gasteiger partial charge is 0.143 e. The zero-order chi connectivity index (χ0) is 20.7. The summed E-state index contributed by atoms with van der Waals surface area (Å²) in [4.78, 5) is 0. The van der Waals surface area contributed by atoms with Gasteiger partial charge in [0.25, 0.3) is 0 Å². The SMILES string of the molecule is COc1cccc2ccn(C(c3cn(CC(C)N)c4c(O)cccc34)C(C)N)c12. The molecule has 2 aromatic carbocycles. The number of hydrogen-bond donors (Lipinski definition) is 3. The molecule has 6 heteroatoms. The van der Waals surface area contributed by atoms with Crippen LogP contribution in [-0.4, -0.2) is 33.4 Å². The van der Waals surface area contributed by atoms with Crippen LogP contribution in [0.3, 0.4) is 0 Å². The highest BCUT2D eigenvalue weighted by atomic mass is 16.5. The third-order valence-corrected chi connectivity index (χ3v) is 5.43. The molecule has 0 aliphatic carbocycles. The normalized spacial score (nSPS) is 14.9. The molecule has 3 unspecified atom stereocenters. The molecule has 2 heterocycles. The zero-order valence-corrected chi connectivity index (χ0v) is 17.0. The molecule has 152 valence electrons. The second-order valence-corrected chi connectivity index (χ2v) is 7.81. The number of ether oxygens (including phenoxy) is 1. The lowest BCUT2D eigenvalue weighted by molar-refractivity contribution is 0.414. The topological polar surface area (TPSA) is 91.4 Å². The summed E-state index contributed by atoms with van der Waals surface area (Å²) in [5.74, 6) is 1.05. The first kappa shape index (κ1) is 19.4. The molecule has 0 spiro atoms. The number of hydrogen-bond acceptors (Lipinski definition) is 4. The fourth-order valence-electron chi connectivity index (χ4n) is 4.33. The summed E-state index contributed by atoms with van der Waals surface area (Å²) in [6.07, 6.45) is 4.13. The Labute approximate surface area is 170 Å². The fraction of sp³-hybridized carbons (Fsp3) is 0.304. The molecule has 0 fully saturated rings. The van der Waals surface area contributed by atoms with E-state index in [1.165, 1.54) is 0 Å². The molecular weight excluding hydrogens is 364 g/mol. The third kappa shape index (κ3) is 3.24. The number of nitrogens with zero attached hydrogens (tertiary/aromatic N) is 2. The molecule has 4 rings (SSSR count). The summed E-state index contributed by atoms with van der Waals surface area (Å²) in [5, 5.41) is 12.6. The average Bonchev–Trinajstić information content (AvgIpc) is 3.25. The summed E-state index contributed by atoms with van der Waals surface area (Å²) in [6, 6.07) is 13.3. The van der Waals surface area contributed by atoms with Crippen molar-refractivity contribution in [2.45, 2.75) is 38.5 Å². The molecule has 0 bridgehead atoms. The van der Waals surface area contributed by atoms with E-state index in [1.54, 1.807) is 13.2 Å². The second-order valence-electron chi connectivity index (χ2n) is 7.81. The van der Waals surface area contributed by atoms with Crippen molar-refractivity contribution < 1.29 is 9.84 Å². The Morgan fingerprint density at radius 3 is 2.48 bits per heavy atom. The van der Waals surface area contributed by atoms with E-state index in [9.17, 15) is 5.11 Å². The van der Waals surface area contributed by atoms with Gasteiger partial charge in [0, 0.05) is 47.4 Å². The molecular formula is C23H28N4O2. The van der Waals surface area contributed by atoms with Crippen LogP contribution in [0.2, 0.25) is 0 Å². The largest absolute Gasteiger partial charge is 0.506 e. The van der Waals surface area contributed by atoms with E-state index in [1.807, 2.05) is 42.7 Å². The van der Waals surface area contributed by atoms with Crippen LogP contribution in [0.25, 0.3) is 21.8 Å². The number of aromatic hydroxyl groups is 1. The quantitative estimate of drug-likeness (QED) is 0.468. The predicted octanol–water partition coefficient (Wildman–Crippen LogP) is 3.59. The molecule has 0 aliphatic rings. The predicted molar refractivity (Wildman–Crippen MR) is 118 cm³/mol. The number of methoxy groups -OCH3 is 1. The minimum atomic E-state index is -0.174. The lowest BCUT2D eigenvalue weighted by atomic mass is 9.99. The van der Waals surface area contributed by atoms with Crippen molar-refractivity contribution in [3.8, 4) is 11.5 Å². The van der Waals surface area contributed by atoms with Gasteiger partial charge in [-0.25, -0.2) is 0 Å². The molecule has 0 amide bonds. The Kier molecular flexibility index (Phi) is 4.98. The molecule has 0 saturated heterocycles. The summed E-state index contributed by atoms with van der Waals surface area (Å²) in [6.45, 7) is 4.57. The van der Waals surface area contributed by atoms with Crippen LogP contribution in [0.5, 0.6) is 11.5 Å². The Hall–Kier alpha value is -2.96. The first-order valence-corrected chi connectivity index (χ1v) is 9.87. The highest BCUT2D eigenvalue weighted by molar-refractivity contribution is 5.90. The molecule has 0 aliphatic heterocycles. The summed E-state index contributed by atoms with van der Waals surface area (Å²) >= 11 is 0. The number of phenolic OH excluding ortho intramolecular Hbond substituents is 1. The number of rotatable bonds is 6. The number of aromatic nitrogens is 2. The molecule has 6 nitrogen and oxygen atoms in total. The minimum Gasteiger partial charge on any atom is -0.506 e. The third-order valence-electron chi connectivity index (χ3n) is 5.43. The van der Waals surface area contributed by atoms with E-state index in [2.05, 4.69) is 29.1 Å². The molecule has 2 aromatic heterocycles. The van der Waals surface area contributed by atoms with E-state index in [-0.39, 0.29) is 23.9 Å². The number of nitrogens with two attached hydrogens (primary N) is 2. The van der Waals surface area contributed by atoms with Crippen molar-refractivity contribution in [1.82, 2.24) is 9.13 Å². The highest BCUT2D eigenvalue weighted by Gasteiger charge is 2.26. The van der Waals surface area contributed by atoms with Crippen molar-refractivity contribution in [3.63, 3.8) is 0 Å². The van der Waals surface area contributed by atoms with E-state index < -0.39 is 0 Å². The maximum atomic E-state index is 10.6. The molecule has 3 atom stereocenters. The van der Waals surface area contributed by atoms with Gasteiger partial charge in [-0.2, -0.15) is 0 Å². The van der Waals surface area contributed by atoms with Gasteiger partial charge in [0.1, 0.15) is 11.5 Å². The lowest BCUT2D eigenvalue weighted by Crippen LogP contribution is -2.30. The first-order valence-electron chi connectivity index (χ1n) is 9.87. The Balaban J connectivity index is 1.99. The Morgan fingerprint density at radius 1 is 1.03 bits per heavy atom. The Morgan fingerprint density at radius 2 is 1.79 bits per heavy atom. The highest BCUT2D eigenvalue weighted by Crippen LogP contribution is 2.38. The van der Waals surface area contributed by atoms with Crippen LogP contribution in [0.4, 0.5) is 0 Å². The number of benzene rings is 2. The monoisotopic (exact) mass is 392 g/mol. The van der Waals surface area contributed by atoms with Crippen LogP contribution in [-0.2, 0) is 6.54 Å². The van der Waals surface area contributed by atoms with E-state index >= 15 is 0 Å². The van der Waals surface area contributed by atoms with Gasteiger partial charge in [-0.1, -0.05) is 24.3 Å². The van der Waals surface area contributed by atoms with Gasteiger partial charge in [0.05, 0.1) is 24.2 Å². The maximum absolute atomic E-state index is 10.6. The molecule has 0 radical (unpaired) electrons. The van der Waals surface area contributed by atoms with Crippen LogP contribution in [0.15, 0.2) is 54.9 Å². The zero-order valence-electron chi connectivity index (χ0n) is 17.0. The maximum Gasteiger partial charge on any atom is 0.143 e. The van der Waals surface area contributed by atoms with Gasteiger partial charge in [-0.15, -0.1) is 0 Å². The number of phenols is 1. The summed E-state index contributed by atoms with van der Waals surface area (Å²) in [5.41, 5.74) is 15.4. The van der Waals surface area contributed by atoms with Crippen molar-refractivity contribution >= 4 is 21.8 Å². The average molecular weight is 393 g/mol. The first-order chi connectivity index (χ1) is 13.9. The fourth-order valence-corrected chi connectivity index (χ4v) is 4.33. The van der Waals surface area contributed by atoms with Crippen molar-refractivity contribution in [1.29, 1.82) is 0 Å². The minimum absolute atomic E-state index is 0.0423. The number of para-hydroxylation sites is 2. The van der Waals surface area contributed by atoms with Crippen LogP contribution in [0.1, 0.15) is 25.5 Å². The van der Waals surface area contributed by atoms with E-state index in [0.29, 0.717) is 6.54 Å². The summed E-state index contributed by atoms with van der Waals surface area (Å²) in [7, 11) is 1.68. The van der Waals surface area contributed by atoms with Gasteiger partial charge in [0.15, 0.2) is 0 Å². The molecule has 4 aromatic rings. The van der Waals surface area contributed by atoms with E-state index in [0.717, 1.165) is 33.1 Å². The van der Waals surface area contributed by atoms with Crippen LogP contribution < -0.4 is 16.2 Å². The van der Waals surface area contributed by atoms with Crippen molar-refractivity contribution in [2.24, 2.45) is 11.5 Å². The van der Waals surface area contributed by atoms with Gasteiger partial charge in [-0.05, 0) is 32.0 Å². The van der Waals surface area contributed by atoms with Crippen molar-refractivity contribution in [3.05, 3.63) is 60.4 Å². The molecule has 5 N–H and O–H groups in total. The van der Waals surface area contributed by atoms with E-state index in [4.69, 9.17) is 16.2 Å². The van der Waals surface area contributed by atoms with Gasteiger partial charge < -0.3 is 30.4 Å². The van der Waals surface area contributed by atoms with Gasteiger partial charge in [-0.3, -0.25) is 0 Å². The lowest BCUT2D eigenvalue weighted by Gasteiger charge is -2.24. The molecule has 29 heavy (non-hydrogen) atoms. The number of fused-ring (bicyclic) bond motifs is 2.